The number of hydrogen-bond donors (Lipinski definition) is 1. The maximum Gasteiger partial charge on any atom is 0.109 e. The Morgan fingerprint density at radius 2 is 1.93 bits per heavy atom. The smallest absolute Gasteiger partial charge is 0.109 e. The Balaban J connectivity index is 2.59. The van der Waals surface area contributed by atoms with Crippen LogP contribution in [-0.4, -0.2) is 6.67 Å². The molecule has 0 aliphatic carbocycles. The van der Waals surface area contributed by atoms with Crippen molar-refractivity contribution in [1.29, 1.82) is 0 Å². The zero-order chi connectivity index (χ0) is 10.4. The lowest BCUT2D eigenvalue weighted by Crippen LogP contribution is -2.11. The van der Waals surface area contributed by atoms with Crippen molar-refractivity contribution >= 4 is 0 Å². The second kappa shape index (κ2) is 5.76. The number of unbranched alkanes of at least 4 members (excludes halogenated alkanes) is 1. The van der Waals surface area contributed by atoms with Gasteiger partial charge in [0.25, 0.3) is 0 Å². The highest BCUT2D eigenvalue weighted by atomic mass is 19.1. The van der Waals surface area contributed by atoms with Crippen molar-refractivity contribution in [2.75, 3.05) is 6.67 Å². The van der Waals surface area contributed by atoms with Crippen molar-refractivity contribution in [1.82, 2.24) is 0 Å². The second-order valence-corrected chi connectivity index (χ2v) is 3.61. The predicted octanol–water partition coefficient (Wildman–Crippen LogP) is 3.00. The molecule has 0 saturated heterocycles. The third kappa shape index (κ3) is 3.11. The van der Waals surface area contributed by atoms with Crippen LogP contribution < -0.4 is 5.73 Å². The van der Waals surface area contributed by atoms with E-state index in [1.807, 2.05) is 24.3 Å². The van der Waals surface area contributed by atoms with Gasteiger partial charge in [0.2, 0.25) is 0 Å². The molecular formula is C12H18FN. The fourth-order valence-electron chi connectivity index (χ4n) is 1.40. The van der Waals surface area contributed by atoms with E-state index in [2.05, 4.69) is 6.92 Å². The first-order chi connectivity index (χ1) is 6.77. The molecule has 2 heteroatoms. The molecule has 0 fully saturated rings. The molecule has 0 radical (unpaired) electrons. The predicted molar refractivity (Wildman–Crippen MR) is 58.0 cm³/mol. The molecule has 1 atom stereocenters. The van der Waals surface area contributed by atoms with Crippen LogP contribution in [0.25, 0.3) is 0 Å². The fraction of sp³-hybridized carbons (Fsp3) is 0.500. The molecule has 0 saturated carbocycles. The Morgan fingerprint density at radius 3 is 2.43 bits per heavy atom. The van der Waals surface area contributed by atoms with Crippen molar-refractivity contribution in [3.05, 3.63) is 35.4 Å². The van der Waals surface area contributed by atoms with Crippen molar-refractivity contribution < 1.29 is 4.39 Å². The number of benzene rings is 1. The van der Waals surface area contributed by atoms with Gasteiger partial charge in [0.15, 0.2) is 0 Å². The van der Waals surface area contributed by atoms with E-state index in [0.29, 0.717) is 0 Å². The van der Waals surface area contributed by atoms with Gasteiger partial charge in [0.05, 0.1) is 6.04 Å². The molecular weight excluding hydrogens is 177 g/mol. The summed E-state index contributed by atoms with van der Waals surface area (Å²) >= 11 is 0. The van der Waals surface area contributed by atoms with Crippen LogP contribution in [0.15, 0.2) is 24.3 Å². The number of halogens is 1. The van der Waals surface area contributed by atoms with E-state index in [0.717, 1.165) is 12.0 Å². The molecule has 1 rings (SSSR count). The van der Waals surface area contributed by atoms with E-state index >= 15 is 0 Å². The van der Waals surface area contributed by atoms with Gasteiger partial charge in [0.1, 0.15) is 6.67 Å². The van der Waals surface area contributed by atoms with E-state index in [4.69, 9.17) is 5.73 Å². The Bertz CT molecular complexity index is 256. The standard InChI is InChI=1S/C12H18FN/c1-2-3-4-10-5-7-11(8-6-10)12(14)9-13/h5-8,12H,2-4,9,14H2,1H3. The van der Waals surface area contributed by atoms with Crippen LogP contribution in [0.1, 0.15) is 36.9 Å². The van der Waals surface area contributed by atoms with Crippen LogP contribution in [0.2, 0.25) is 0 Å². The van der Waals surface area contributed by atoms with Crippen LogP contribution >= 0.6 is 0 Å². The Morgan fingerprint density at radius 1 is 1.29 bits per heavy atom. The molecule has 2 N–H and O–H groups in total. The normalized spacial score (nSPS) is 12.8. The summed E-state index contributed by atoms with van der Waals surface area (Å²) in [5, 5.41) is 0. The number of rotatable bonds is 5. The summed E-state index contributed by atoms with van der Waals surface area (Å²) in [5.74, 6) is 0. The van der Waals surface area contributed by atoms with E-state index < -0.39 is 12.7 Å². The monoisotopic (exact) mass is 195 g/mol. The average Bonchev–Trinajstić information content (AvgIpc) is 2.26. The molecule has 0 aromatic heterocycles. The summed E-state index contributed by atoms with van der Waals surface area (Å²) < 4.78 is 12.3. The van der Waals surface area contributed by atoms with Gasteiger partial charge in [-0.25, -0.2) is 4.39 Å². The summed E-state index contributed by atoms with van der Waals surface area (Å²) in [6.45, 7) is 1.68. The van der Waals surface area contributed by atoms with E-state index in [1.54, 1.807) is 0 Å². The first kappa shape index (κ1) is 11.2. The van der Waals surface area contributed by atoms with Crippen molar-refractivity contribution in [2.24, 2.45) is 5.73 Å². The summed E-state index contributed by atoms with van der Waals surface area (Å²) in [6.07, 6.45) is 3.50. The molecule has 0 aliphatic rings. The highest BCUT2D eigenvalue weighted by Crippen LogP contribution is 2.13. The summed E-state index contributed by atoms with van der Waals surface area (Å²) in [5.41, 5.74) is 7.76. The molecule has 1 aromatic carbocycles. The molecule has 0 heterocycles. The van der Waals surface area contributed by atoms with Crippen molar-refractivity contribution in [2.45, 2.75) is 32.2 Å². The summed E-state index contributed by atoms with van der Waals surface area (Å²) in [4.78, 5) is 0. The quantitative estimate of drug-likeness (QED) is 0.768. The fourth-order valence-corrected chi connectivity index (χ4v) is 1.40. The van der Waals surface area contributed by atoms with Gasteiger partial charge in [0, 0.05) is 0 Å². The third-order valence-electron chi connectivity index (χ3n) is 2.39. The lowest BCUT2D eigenvalue weighted by Gasteiger charge is -2.08. The minimum Gasteiger partial charge on any atom is -0.322 e. The van der Waals surface area contributed by atoms with Crippen LogP contribution in [0, 0.1) is 0 Å². The van der Waals surface area contributed by atoms with Crippen molar-refractivity contribution in [3.63, 3.8) is 0 Å². The zero-order valence-electron chi connectivity index (χ0n) is 8.67. The Hall–Kier alpha value is -0.890. The largest absolute Gasteiger partial charge is 0.322 e. The van der Waals surface area contributed by atoms with Gasteiger partial charge >= 0.3 is 0 Å². The molecule has 1 nitrogen and oxygen atoms in total. The molecule has 78 valence electrons. The number of aryl methyl sites for hydroxylation is 1. The van der Waals surface area contributed by atoms with Gasteiger partial charge in [-0.2, -0.15) is 0 Å². The molecule has 1 unspecified atom stereocenters. The van der Waals surface area contributed by atoms with Gasteiger partial charge in [-0.05, 0) is 24.0 Å². The third-order valence-corrected chi connectivity index (χ3v) is 2.39. The topological polar surface area (TPSA) is 26.0 Å². The summed E-state index contributed by atoms with van der Waals surface area (Å²) in [7, 11) is 0. The van der Waals surface area contributed by atoms with Crippen LogP contribution in [0.4, 0.5) is 4.39 Å². The van der Waals surface area contributed by atoms with Crippen LogP contribution in [0.3, 0.4) is 0 Å². The Kier molecular flexibility index (Phi) is 4.60. The molecule has 14 heavy (non-hydrogen) atoms. The zero-order valence-corrected chi connectivity index (χ0v) is 8.67. The molecule has 0 aliphatic heterocycles. The highest BCUT2D eigenvalue weighted by Gasteiger charge is 2.03. The van der Waals surface area contributed by atoms with Gasteiger partial charge < -0.3 is 5.73 Å². The SMILES string of the molecule is CCCCc1ccc(C(N)CF)cc1. The minimum absolute atomic E-state index is 0.463. The van der Waals surface area contributed by atoms with Crippen LogP contribution in [0.5, 0.6) is 0 Å². The van der Waals surface area contributed by atoms with E-state index in [-0.39, 0.29) is 0 Å². The molecule has 0 bridgehead atoms. The maximum absolute atomic E-state index is 12.3. The first-order valence-corrected chi connectivity index (χ1v) is 5.18. The summed E-state index contributed by atoms with van der Waals surface area (Å²) in [6, 6.07) is 7.47. The maximum atomic E-state index is 12.3. The van der Waals surface area contributed by atoms with Gasteiger partial charge in [-0.3, -0.25) is 0 Å². The Labute approximate surface area is 85.1 Å². The molecule has 0 amide bonds. The lowest BCUT2D eigenvalue weighted by molar-refractivity contribution is 0.437. The van der Waals surface area contributed by atoms with E-state index in [1.165, 1.54) is 18.4 Å². The van der Waals surface area contributed by atoms with Gasteiger partial charge in [-0.1, -0.05) is 37.6 Å². The number of hydrogen-bond acceptors (Lipinski definition) is 1. The van der Waals surface area contributed by atoms with Gasteiger partial charge in [-0.15, -0.1) is 0 Å². The highest BCUT2D eigenvalue weighted by molar-refractivity contribution is 5.24. The molecule has 0 spiro atoms. The van der Waals surface area contributed by atoms with Crippen LogP contribution in [-0.2, 0) is 6.42 Å². The lowest BCUT2D eigenvalue weighted by atomic mass is 10.0. The van der Waals surface area contributed by atoms with E-state index in [9.17, 15) is 4.39 Å². The average molecular weight is 195 g/mol. The minimum atomic E-state index is -0.492. The van der Waals surface area contributed by atoms with Crippen molar-refractivity contribution in [3.8, 4) is 0 Å². The number of alkyl halides is 1. The second-order valence-electron chi connectivity index (χ2n) is 3.61. The number of nitrogens with two attached hydrogens (primary N) is 1. The first-order valence-electron chi connectivity index (χ1n) is 5.18. The molecule has 1 aromatic rings.